The van der Waals surface area contributed by atoms with E-state index in [1.165, 1.54) is 18.4 Å². The summed E-state index contributed by atoms with van der Waals surface area (Å²) in [5.74, 6) is 1.49. The summed E-state index contributed by atoms with van der Waals surface area (Å²) in [5.41, 5.74) is 1.19. The lowest BCUT2D eigenvalue weighted by Crippen LogP contribution is -2.21. The minimum Gasteiger partial charge on any atom is -0.497 e. The number of methoxy groups -OCH3 is 1. The van der Waals surface area contributed by atoms with Crippen LogP contribution in [0.1, 0.15) is 38.4 Å². The lowest BCUT2D eigenvalue weighted by Gasteiger charge is -2.20. The highest BCUT2D eigenvalue weighted by molar-refractivity contribution is 5.28. The van der Waals surface area contributed by atoms with Gasteiger partial charge < -0.3 is 14.8 Å². The summed E-state index contributed by atoms with van der Waals surface area (Å²) in [6, 6.07) is 8.12. The van der Waals surface area contributed by atoms with Crippen LogP contribution in [0.4, 0.5) is 0 Å². The predicted molar refractivity (Wildman–Crippen MR) is 79.7 cm³/mol. The smallest absolute Gasteiger partial charge is 0.118 e. The molecule has 2 atom stereocenters. The van der Waals surface area contributed by atoms with Gasteiger partial charge in [-0.25, -0.2) is 0 Å². The monoisotopic (exact) mass is 265 g/mol. The summed E-state index contributed by atoms with van der Waals surface area (Å²) >= 11 is 0. The SMILES string of the molecule is CCCC(C)COC(CNC)c1ccc(OC)cc1. The molecule has 19 heavy (non-hydrogen) atoms. The number of hydrogen-bond acceptors (Lipinski definition) is 3. The van der Waals surface area contributed by atoms with E-state index in [4.69, 9.17) is 9.47 Å². The van der Waals surface area contributed by atoms with Crippen LogP contribution in [0, 0.1) is 5.92 Å². The molecular formula is C16H27NO2. The van der Waals surface area contributed by atoms with Crippen LogP contribution in [0.5, 0.6) is 5.75 Å². The van der Waals surface area contributed by atoms with Crippen molar-refractivity contribution in [3.05, 3.63) is 29.8 Å². The van der Waals surface area contributed by atoms with Crippen molar-refractivity contribution in [2.45, 2.75) is 32.8 Å². The first kappa shape index (κ1) is 16.0. The van der Waals surface area contributed by atoms with Crippen LogP contribution in [-0.2, 0) is 4.74 Å². The Morgan fingerprint density at radius 2 is 1.89 bits per heavy atom. The van der Waals surface area contributed by atoms with E-state index >= 15 is 0 Å². The van der Waals surface area contributed by atoms with Crippen LogP contribution in [0.2, 0.25) is 0 Å². The summed E-state index contributed by atoms with van der Waals surface area (Å²) in [6.07, 6.45) is 2.54. The zero-order valence-electron chi connectivity index (χ0n) is 12.6. The average molecular weight is 265 g/mol. The quantitative estimate of drug-likeness (QED) is 0.742. The number of ether oxygens (including phenoxy) is 2. The second kappa shape index (κ2) is 8.94. The molecule has 0 radical (unpaired) electrons. The molecule has 1 N–H and O–H groups in total. The lowest BCUT2D eigenvalue weighted by atomic mass is 10.1. The summed E-state index contributed by atoms with van der Waals surface area (Å²) in [7, 11) is 3.64. The van der Waals surface area contributed by atoms with E-state index in [1.807, 2.05) is 19.2 Å². The third kappa shape index (κ3) is 5.62. The normalized spacial score (nSPS) is 14.1. The Balaban J connectivity index is 2.59. The average Bonchev–Trinajstić information content (AvgIpc) is 2.44. The van der Waals surface area contributed by atoms with Gasteiger partial charge in [0.05, 0.1) is 19.8 Å². The van der Waals surface area contributed by atoms with Gasteiger partial charge in [-0.2, -0.15) is 0 Å². The van der Waals surface area contributed by atoms with E-state index in [9.17, 15) is 0 Å². The van der Waals surface area contributed by atoms with Crippen LogP contribution in [0.15, 0.2) is 24.3 Å². The second-order valence-electron chi connectivity index (χ2n) is 5.05. The summed E-state index contributed by atoms with van der Waals surface area (Å²) < 4.78 is 11.2. The maximum absolute atomic E-state index is 6.05. The van der Waals surface area contributed by atoms with E-state index in [2.05, 4.69) is 31.3 Å². The van der Waals surface area contributed by atoms with E-state index in [1.54, 1.807) is 7.11 Å². The summed E-state index contributed by atoms with van der Waals surface area (Å²) in [6.45, 7) is 6.09. The Kier molecular flexibility index (Phi) is 7.53. The van der Waals surface area contributed by atoms with Gasteiger partial charge in [-0.15, -0.1) is 0 Å². The van der Waals surface area contributed by atoms with Gasteiger partial charge in [0.15, 0.2) is 0 Å². The highest BCUT2D eigenvalue weighted by Gasteiger charge is 2.13. The van der Waals surface area contributed by atoms with Crippen molar-refractivity contribution in [1.82, 2.24) is 5.32 Å². The molecule has 0 aromatic heterocycles. The molecule has 0 saturated heterocycles. The Morgan fingerprint density at radius 3 is 2.42 bits per heavy atom. The van der Waals surface area contributed by atoms with E-state index in [0.717, 1.165) is 18.9 Å². The summed E-state index contributed by atoms with van der Waals surface area (Å²) in [4.78, 5) is 0. The van der Waals surface area contributed by atoms with Gasteiger partial charge in [-0.05, 0) is 37.1 Å². The fourth-order valence-corrected chi connectivity index (χ4v) is 2.13. The molecule has 0 aliphatic carbocycles. The molecule has 108 valence electrons. The van der Waals surface area contributed by atoms with Gasteiger partial charge in [-0.3, -0.25) is 0 Å². The number of hydrogen-bond donors (Lipinski definition) is 1. The highest BCUT2D eigenvalue weighted by Crippen LogP contribution is 2.21. The van der Waals surface area contributed by atoms with Gasteiger partial charge in [-0.1, -0.05) is 32.4 Å². The fraction of sp³-hybridized carbons (Fsp3) is 0.625. The van der Waals surface area contributed by atoms with Crippen molar-refractivity contribution in [2.75, 3.05) is 27.3 Å². The van der Waals surface area contributed by atoms with Crippen molar-refractivity contribution < 1.29 is 9.47 Å². The summed E-state index contributed by atoms with van der Waals surface area (Å²) in [5, 5.41) is 3.19. The largest absolute Gasteiger partial charge is 0.497 e. The van der Waals surface area contributed by atoms with Crippen molar-refractivity contribution in [3.63, 3.8) is 0 Å². The van der Waals surface area contributed by atoms with Crippen molar-refractivity contribution in [1.29, 1.82) is 0 Å². The zero-order valence-corrected chi connectivity index (χ0v) is 12.6. The molecule has 0 bridgehead atoms. The molecule has 3 nitrogen and oxygen atoms in total. The molecule has 1 rings (SSSR count). The maximum Gasteiger partial charge on any atom is 0.118 e. The molecule has 0 aliphatic heterocycles. The van der Waals surface area contributed by atoms with Crippen LogP contribution in [0.25, 0.3) is 0 Å². The Hall–Kier alpha value is -1.06. The third-order valence-electron chi connectivity index (χ3n) is 3.24. The first-order chi connectivity index (χ1) is 9.21. The molecule has 0 aliphatic rings. The lowest BCUT2D eigenvalue weighted by molar-refractivity contribution is 0.0310. The van der Waals surface area contributed by atoms with Gasteiger partial charge >= 0.3 is 0 Å². The van der Waals surface area contributed by atoms with E-state index in [0.29, 0.717) is 5.92 Å². The fourth-order valence-electron chi connectivity index (χ4n) is 2.13. The first-order valence-corrected chi connectivity index (χ1v) is 7.11. The first-order valence-electron chi connectivity index (χ1n) is 7.11. The van der Waals surface area contributed by atoms with Crippen molar-refractivity contribution in [3.8, 4) is 5.75 Å². The van der Waals surface area contributed by atoms with Crippen LogP contribution in [0.3, 0.4) is 0 Å². The van der Waals surface area contributed by atoms with E-state index in [-0.39, 0.29) is 6.10 Å². The molecule has 0 spiro atoms. The Morgan fingerprint density at radius 1 is 1.21 bits per heavy atom. The molecule has 0 saturated carbocycles. The number of benzene rings is 1. The van der Waals surface area contributed by atoms with Crippen LogP contribution >= 0.6 is 0 Å². The van der Waals surface area contributed by atoms with Crippen molar-refractivity contribution in [2.24, 2.45) is 5.92 Å². The van der Waals surface area contributed by atoms with Crippen LogP contribution in [-0.4, -0.2) is 27.3 Å². The van der Waals surface area contributed by atoms with Gasteiger partial charge in [0.2, 0.25) is 0 Å². The molecule has 0 amide bonds. The topological polar surface area (TPSA) is 30.5 Å². The van der Waals surface area contributed by atoms with Gasteiger partial charge in [0.1, 0.15) is 5.75 Å². The van der Waals surface area contributed by atoms with Gasteiger partial charge in [0, 0.05) is 6.54 Å². The molecule has 2 unspecified atom stereocenters. The molecule has 3 heteroatoms. The third-order valence-corrected chi connectivity index (χ3v) is 3.24. The molecular weight excluding hydrogens is 238 g/mol. The molecule has 0 fully saturated rings. The van der Waals surface area contributed by atoms with Gasteiger partial charge in [0.25, 0.3) is 0 Å². The van der Waals surface area contributed by atoms with Crippen LogP contribution < -0.4 is 10.1 Å². The Bertz CT molecular complexity index is 337. The van der Waals surface area contributed by atoms with E-state index < -0.39 is 0 Å². The number of likely N-dealkylation sites (N-methyl/N-ethyl adjacent to an activating group) is 1. The molecule has 1 aromatic rings. The molecule has 1 aromatic carbocycles. The maximum atomic E-state index is 6.05. The Labute approximate surface area is 117 Å². The minimum atomic E-state index is 0.107. The zero-order chi connectivity index (χ0) is 14.1. The second-order valence-corrected chi connectivity index (χ2v) is 5.05. The highest BCUT2D eigenvalue weighted by atomic mass is 16.5. The number of nitrogens with one attached hydrogen (secondary N) is 1. The standard InChI is InChI=1S/C16H27NO2/c1-5-6-13(2)12-19-16(11-17-3)14-7-9-15(18-4)10-8-14/h7-10,13,16-17H,5-6,11-12H2,1-4H3. The predicted octanol–water partition coefficient (Wildman–Crippen LogP) is 3.41. The van der Waals surface area contributed by atoms with Crippen molar-refractivity contribution >= 4 is 0 Å². The molecule has 0 heterocycles. The minimum absolute atomic E-state index is 0.107. The number of rotatable bonds is 9.